The summed E-state index contributed by atoms with van der Waals surface area (Å²) in [6.07, 6.45) is 2.55. The molecule has 1 aromatic carbocycles. The van der Waals surface area contributed by atoms with E-state index in [-0.39, 0.29) is 18.5 Å². The summed E-state index contributed by atoms with van der Waals surface area (Å²) in [7, 11) is 0. The number of benzene rings is 1. The van der Waals surface area contributed by atoms with Crippen molar-refractivity contribution in [3.63, 3.8) is 0 Å². The molecular weight excluding hydrogens is 294 g/mol. The van der Waals surface area contributed by atoms with Crippen molar-refractivity contribution in [1.82, 2.24) is 15.5 Å². The molecule has 2 N–H and O–H groups in total. The Labute approximate surface area is 137 Å². The molecule has 0 saturated carbocycles. The summed E-state index contributed by atoms with van der Waals surface area (Å²) >= 11 is 0. The van der Waals surface area contributed by atoms with Crippen LogP contribution in [0.15, 0.2) is 24.3 Å². The van der Waals surface area contributed by atoms with E-state index in [1.807, 2.05) is 31.2 Å². The van der Waals surface area contributed by atoms with Gasteiger partial charge in [-0.05, 0) is 43.9 Å². The zero-order chi connectivity index (χ0) is 16.5. The highest BCUT2D eigenvalue weighted by atomic mass is 16.5. The van der Waals surface area contributed by atoms with E-state index in [1.165, 1.54) is 5.56 Å². The molecule has 1 aliphatic rings. The second kappa shape index (κ2) is 9.02. The number of hydrogen-bond acceptors (Lipinski definition) is 3. The Bertz CT molecular complexity index is 516. The summed E-state index contributed by atoms with van der Waals surface area (Å²) in [5.74, 6) is 0.788. The van der Waals surface area contributed by atoms with E-state index in [0.717, 1.165) is 25.0 Å². The number of hydrogen-bond donors (Lipinski definition) is 2. The molecule has 0 bridgehead atoms. The van der Waals surface area contributed by atoms with Crippen LogP contribution in [-0.4, -0.2) is 49.6 Å². The lowest BCUT2D eigenvalue weighted by Crippen LogP contribution is -2.43. The molecule has 0 aromatic heterocycles. The molecule has 0 unspecified atom stereocenters. The monoisotopic (exact) mass is 319 g/mol. The number of carbonyl (C=O) groups excluding carboxylic acids is 2. The summed E-state index contributed by atoms with van der Waals surface area (Å²) in [5, 5.41) is 5.65. The lowest BCUT2D eigenvalue weighted by Gasteiger charge is -2.19. The topological polar surface area (TPSA) is 70.7 Å². The van der Waals surface area contributed by atoms with Crippen LogP contribution in [0.25, 0.3) is 0 Å². The number of nitrogens with one attached hydrogen (secondary N) is 2. The zero-order valence-electron chi connectivity index (χ0n) is 13.6. The first kappa shape index (κ1) is 17.1. The van der Waals surface area contributed by atoms with Crippen molar-refractivity contribution in [1.29, 1.82) is 0 Å². The number of aryl methyl sites for hydroxylation is 1. The van der Waals surface area contributed by atoms with E-state index in [1.54, 1.807) is 4.90 Å². The molecule has 6 heteroatoms. The first-order chi connectivity index (χ1) is 11.2. The molecule has 1 heterocycles. The molecule has 2 rings (SSSR count). The Hall–Kier alpha value is -2.24. The highest BCUT2D eigenvalue weighted by Gasteiger charge is 2.18. The molecule has 1 saturated heterocycles. The first-order valence-electron chi connectivity index (χ1n) is 8.20. The van der Waals surface area contributed by atoms with Gasteiger partial charge in [0.2, 0.25) is 5.91 Å². The van der Waals surface area contributed by atoms with Gasteiger partial charge in [-0.15, -0.1) is 0 Å². The Kier molecular flexibility index (Phi) is 6.72. The van der Waals surface area contributed by atoms with E-state index in [9.17, 15) is 9.59 Å². The summed E-state index contributed by atoms with van der Waals surface area (Å²) in [6.45, 7) is 4.63. The zero-order valence-corrected chi connectivity index (χ0v) is 13.6. The average Bonchev–Trinajstić information content (AvgIpc) is 2.78. The maximum Gasteiger partial charge on any atom is 0.317 e. The second-order valence-electron chi connectivity index (χ2n) is 5.54. The quantitative estimate of drug-likeness (QED) is 0.782. The summed E-state index contributed by atoms with van der Waals surface area (Å²) in [6, 6.07) is 7.87. The van der Waals surface area contributed by atoms with Gasteiger partial charge in [-0.3, -0.25) is 4.79 Å². The van der Waals surface area contributed by atoms with Gasteiger partial charge in [0.1, 0.15) is 12.3 Å². The van der Waals surface area contributed by atoms with Crippen LogP contribution < -0.4 is 15.4 Å². The SMILES string of the molecule is CCOc1ccc(CCCNC(=O)N2CCCNC(=O)C2)cc1. The lowest BCUT2D eigenvalue weighted by atomic mass is 10.1. The fourth-order valence-electron chi connectivity index (χ4n) is 2.50. The molecule has 1 aromatic rings. The minimum absolute atomic E-state index is 0.0907. The Morgan fingerprint density at radius 3 is 2.87 bits per heavy atom. The summed E-state index contributed by atoms with van der Waals surface area (Å²) in [4.78, 5) is 25.1. The van der Waals surface area contributed by atoms with Gasteiger partial charge < -0.3 is 20.3 Å². The van der Waals surface area contributed by atoms with Gasteiger partial charge >= 0.3 is 6.03 Å². The molecule has 1 aliphatic heterocycles. The predicted molar refractivity (Wildman–Crippen MR) is 88.5 cm³/mol. The molecule has 126 valence electrons. The number of rotatable bonds is 6. The third-order valence-electron chi connectivity index (χ3n) is 3.70. The molecule has 6 nitrogen and oxygen atoms in total. The van der Waals surface area contributed by atoms with Crippen molar-refractivity contribution in [3.05, 3.63) is 29.8 Å². The Balaban J connectivity index is 1.68. The highest BCUT2D eigenvalue weighted by Crippen LogP contribution is 2.13. The van der Waals surface area contributed by atoms with Gasteiger partial charge in [-0.1, -0.05) is 12.1 Å². The van der Waals surface area contributed by atoms with E-state index >= 15 is 0 Å². The molecular formula is C17H25N3O3. The van der Waals surface area contributed by atoms with E-state index in [4.69, 9.17) is 4.74 Å². The van der Waals surface area contributed by atoms with Crippen LogP contribution in [0.4, 0.5) is 4.79 Å². The minimum atomic E-state index is -0.159. The van der Waals surface area contributed by atoms with Crippen molar-refractivity contribution in [3.8, 4) is 5.75 Å². The van der Waals surface area contributed by atoms with Crippen LogP contribution in [0.1, 0.15) is 25.3 Å². The molecule has 1 fully saturated rings. The van der Waals surface area contributed by atoms with Gasteiger partial charge in [-0.25, -0.2) is 4.79 Å². The van der Waals surface area contributed by atoms with E-state index < -0.39 is 0 Å². The van der Waals surface area contributed by atoms with E-state index in [0.29, 0.717) is 26.2 Å². The van der Waals surface area contributed by atoms with Crippen molar-refractivity contribution >= 4 is 11.9 Å². The van der Waals surface area contributed by atoms with Crippen LogP contribution >= 0.6 is 0 Å². The third-order valence-corrected chi connectivity index (χ3v) is 3.70. The van der Waals surface area contributed by atoms with Gasteiger partial charge in [0.25, 0.3) is 0 Å². The maximum atomic E-state index is 12.0. The number of nitrogens with zero attached hydrogens (tertiary/aromatic N) is 1. The molecule has 23 heavy (non-hydrogen) atoms. The predicted octanol–water partition coefficient (Wildman–Crippen LogP) is 1.55. The van der Waals surface area contributed by atoms with Crippen LogP contribution in [0.2, 0.25) is 0 Å². The normalized spacial score (nSPS) is 14.8. The fraction of sp³-hybridized carbons (Fsp3) is 0.529. The molecule has 0 spiro atoms. The largest absolute Gasteiger partial charge is 0.494 e. The van der Waals surface area contributed by atoms with Crippen molar-refractivity contribution < 1.29 is 14.3 Å². The maximum absolute atomic E-state index is 12.0. The first-order valence-corrected chi connectivity index (χ1v) is 8.20. The summed E-state index contributed by atoms with van der Waals surface area (Å²) < 4.78 is 5.41. The number of amides is 3. The Morgan fingerprint density at radius 2 is 2.13 bits per heavy atom. The van der Waals surface area contributed by atoms with Crippen LogP contribution in [0.3, 0.4) is 0 Å². The standard InChI is InChI=1S/C17H25N3O3/c1-2-23-15-8-6-14(7-9-15)5-3-10-19-17(22)20-12-4-11-18-16(21)13-20/h6-9H,2-5,10-13H2,1H3,(H,18,21)(H,19,22). The van der Waals surface area contributed by atoms with Crippen LogP contribution in [0.5, 0.6) is 5.75 Å². The van der Waals surface area contributed by atoms with Gasteiger partial charge in [0.15, 0.2) is 0 Å². The van der Waals surface area contributed by atoms with Crippen molar-refractivity contribution in [2.45, 2.75) is 26.2 Å². The molecule has 3 amide bonds. The van der Waals surface area contributed by atoms with Crippen LogP contribution in [0, 0.1) is 0 Å². The molecule has 0 radical (unpaired) electrons. The van der Waals surface area contributed by atoms with Crippen molar-refractivity contribution in [2.24, 2.45) is 0 Å². The lowest BCUT2D eigenvalue weighted by molar-refractivity contribution is -0.121. The smallest absolute Gasteiger partial charge is 0.317 e. The number of carbonyl (C=O) groups is 2. The summed E-state index contributed by atoms with van der Waals surface area (Å²) in [5.41, 5.74) is 1.22. The third kappa shape index (κ3) is 5.81. The molecule has 0 aliphatic carbocycles. The fourth-order valence-corrected chi connectivity index (χ4v) is 2.50. The Morgan fingerprint density at radius 1 is 1.35 bits per heavy atom. The van der Waals surface area contributed by atoms with Gasteiger partial charge in [-0.2, -0.15) is 0 Å². The van der Waals surface area contributed by atoms with Crippen molar-refractivity contribution in [2.75, 3.05) is 32.8 Å². The minimum Gasteiger partial charge on any atom is -0.494 e. The average molecular weight is 319 g/mol. The molecule has 0 atom stereocenters. The highest BCUT2D eigenvalue weighted by molar-refractivity contribution is 5.84. The van der Waals surface area contributed by atoms with Gasteiger partial charge in [0.05, 0.1) is 6.61 Å². The van der Waals surface area contributed by atoms with Crippen LogP contribution in [-0.2, 0) is 11.2 Å². The number of urea groups is 1. The van der Waals surface area contributed by atoms with Gasteiger partial charge in [0, 0.05) is 19.6 Å². The van der Waals surface area contributed by atoms with E-state index in [2.05, 4.69) is 10.6 Å². The second-order valence-corrected chi connectivity index (χ2v) is 5.54. The number of ether oxygens (including phenoxy) is 1.